The number of aliphatic hydroxyl groups is 1. The van der Waals surface area contributed by atoms with Crippen molar-refractivity contribution in [3.8, 4) is 22.6 Å². The van der Waals surface area contributed by atoms with E-state index >= 15 is 0 Å². The molecule has 0 saturated heterocycles. The van der Waals surface area contributed by atoms with Crippen LogP contribution in [-0.2, 0) is 6.61 Å². The molecule has 1 aliphatic heterocycles. The van der Waals surface area contributed by atoms with Crippen LogP contribution in [0.1, 0.15) is 5.56 Å². The monoisotopic (exact) mass is 306 g/mol. The first-order valence-corrected chi connectivity index (χ1v) is 6.36. The smallest absolute Gasteiger partial charge is 0.231 e. The van der Waals surface area contributed by atoms with Gasteiger partial charge in [-0.25, -0.2) is 0 Å². The number of aliphatic hydroxyl groups excluding tert-OH is 1. The summed E-state index contributed by atoms with van der Waals surface area (Å²) in [6, 6.07) is 11.6. The Labute approximate surface area is 113 Å². The fraction of sp³-hybridized carbons (Fsp3) is 0.143. The Balaban J connectivity index is 2.10. The molecule has 4 heteroatoms. The maximum atomic E-state index is 9.18. The second-order valence-electron chi connectivity index (χ2n) is 4.04. The van der Waals surface area contributed by atoms with Gasteiger partial charge in [-0.05, 0) is 34.9 Å². The number of hydrogen-bond acceptors (Lipinski definition) is 3. The minimum Gasteiger partial charge on any atom is -0.454 e. The summed E-state index contributed by atoms with van der Waals surface area (Å²) in [5.74, 6) is 1.51. The molecule has 0 atom stereocenters. The summed E-state index contributed by atoms with van der Waals surface area (Å²) in [5, 5.41) is 9.18. The molecule has 2 aromatic carbocycles. The van der Waals surface area contributed by atoms with E-state index < -0.39 is 0 Å². The van der Waals surface area contributed by atoms with Gasteiger partial charge in [-0.3, -0.25) is 0 Å². The average molecular weight is 307 g/mol. The van der Waals surface area contributed by atoms with E-state index in [-0.39, 0.29) is 13.4 Å². The van der Waals surface area contributed by atoms with Crippen LogP contribution in [0.15, 0.2) is 40.9 Å². The molecular weight excluding hydrogens is 296 g/mol. The molecule has 0 unspecified atom stereocenters. The maximum absolute atomic E-state index is 9.18. The maximum Gasteiger partial charge on any atom is 0.231 e. The number of benzene rings is 2. The summed E-state index contributed by atoms with van der Waals surface area (Å²) in [7, 11) is 0. The molecule has 0 radical (unpaired) electrons. The lowest BCUT2D eigenvalue weighted by Crippen LogP contribution is -1.92. The molecule has 2 aromatic rings. The Hall–Kier alpha value is -1.52. The molecule has 0 spiro atoms. The Kier molecular flexibility index (Phi) is 2.97. The quantitative estimate of drug-likeness (QED) is 0.925. The minimum absolute atomic E-state index is 0.0377. The third-order valence-electron chi connectivity index (χ3n) is 2.88. The van der Waals surface area contributed by atoms with Gasteiger partial charge in [-0.2, -0.15) is 0 Å². The Morgan fingerprint density at radius 3 is 2.67 bits per heavy atom. The molecule has 3 nitrogen and oxygen atoms in total. The predicted octanol–water partition coefficient (Wildman–Crippen LogP) is 3.34. The summed E-state index contributed by atoms with van der Waals surface area (Å²) in [5.41, 5.74) is 2.94. The third kappa shape index (κ3) is 1.98. The van der Waals surface area contributed by atoms with Crippen molar-refractivity contribution in [2.75, 3.05) is 6.79 Å². The van der Waals surface area contributed by atoms with Crippen LogP contribution in [0.3, 0.4) is 0 Å². The highest BCUT2D eigenvalue weighted by Gasteiger charge is 2.17. The highest BCUT2D eigenvalue weighted by molar-refractivity contribution is 9.10. The largest absolute Gasteiger partial charge is 0.454 e. The van der Waals surface area contributed by atoms with E-state index in [9.17, 15) is 5.11 Å². The van der Waals surface area contributed by atoms with Crippen molar-refractivity contribution in [2.45, 2.75) is 6.61 Å². The molecule has 1 N–H and O–H groups in total. The Morgan fingerprint density at radius 1 is 1.11 bits per heavy atom. The summed E-state index contributed by atoms with van der Waals surface area (Å²) in [4.78, 5) is 0. The number of hydrogen-bond donors (Lipinski definition) is 1. The summed E-state index contributed by atoms with van der Waals surface area (Å²) in [6.45, 7) is 0.303. The van der Waals surface area contributed by atoms with Crippen molar-refractivity contribution in [3.05, 3.63) is 46.4 Å². The van der Waals surface area contributed by atoms with Crippen molar-refractivity contribution in [3.63, 3.8) is 0 Å². The molecule has 0 saturated carbocycles. The van der Waals surface area contributed by atoms with E-state index in [2.05, 4.69) is 15.9 Å². The van der Waals surface area contributed by atoms with Gasteiger partial charge in [-0.1, -0.05) is 34.1 Å². The molecule has 18 heavy (non-hydrogen) atoms. The molecular formula is C14H11BrO3. The summed E-state index contributed by atoms with van der Waals surface area (Å²) < 4.78 is 11.6. The predicted molar refractivity (Wildman–Crippen MR) is 71.6 cm³/mol. The second-order valence-corrected chi connectivity index (χ2v) is 4.90. The van der Waals surface area contributed by atoms with Crippen molar-refractivity contribution in [2.24, 2.45) is 0 Å². The van der Waals surface area contributed by atoms with E-state index in [1.54, 1.807) is 0 Å². The number of fused-ring (bicyclic) bond motifs is 1. The number of rotatable bonds is 2. The van der Waals surface area contributed by atoms with E-state index in [1.165, 1.54) is 0 Å². The molecule has 0 aromatic heterocycles. The van der Waals surface area contributed by atoms with Crippen LogP contribution in [0.4, 0.5) is 0 Å². The van der Waals surface area contributed by atoms with E-state index in [1.807, 2.05) is 36.4 Å². The third-order valence-corrected chi connectivity index (χ3v) is 3.54. The fourth-order valence-corrected chi connectivity index (χ4v) is 2.53. The van der Waals surface area contributed by atoms with Crippen molar-refractivity contribution in [1.82, 2.24) is 0 Å². The van der Waals surface area contributed by atoms with Crippen LogP contribution in [0.2, 0.25) is 0 Å². The lowest BCUT2D eigenvalue weighted by molar-refractivity contribution is 0.174. The van der Waals surface area contributed by atoms with Crippen LogP contribution in [0.5, 0.6) is 11.5 Å². The van der Waals surface area contributed by atoms with Crippen LogP contribution in [0, 0.1) is 0 Å². The minimum atomic E-state index is 0.0377. The zero-order chi connectivity index (χ0) is 12.5. The number of ether oxygens (including phenoxy) is 2. The van der Waals surface area contributed by atoms with Crippen LogP contribution >= 0.6 is 15.9 Å². The molecule has 0 amide bonds. The topological polar surface area (TPSA) is 38.7 Å². The van der Waals surface area contributed by atoms with Gasteiger partial charge in [0.2, 0.25) is 6.79 Å². The van der Waals surface area contributed by atoms with Gasteiger partial charge >= 0.3 is 0 Å². The first-order chi connectivity index (χ1) is 8.78. The van der Waals surface area contributed by atoms with E-state index in [4.69, 9.17) is 9.47 Å². The Bertz CT molecular complexity index is 596. The normalized spacial score (nSPS) is 12.8. The molecule has 1 aliphatic rings. The molecule has 0 fully saturated rings. The summed E-state index contributed by atoms with van der Waals surface area (Å²) >= 11 is 3.54. The van der Waals surface area contributed by atoms with Crippen LogP contribution in [0.25, 0.3) is 11.1 Å². The molecule has 0 bridgehead atoms. The lowest BCUT2D eigenvalue weighted by atomic mass is 10.0. The average Bonchev–Trinajstić information content (AvgIpc) is 2.85. The standard InChI is InChI=1S/C14H11BrO3/c15-12-6-14-13(17-8-18-14)5-11(12)10-3-1-2-9(4-10)7-16/h1-6,16H,7-8H2. The van der Waals surface area contributed by atoms with Gasteiger partial charge in [0.25, 0.3) is 0 Å². The van der Waals surface area contributed by atoms with E-state index in [0.717, 1.165) is 32.7 Å². The van der Waals surface area contributed by atoms with Crippen molar-refractivity contribution in [1.29, 1.82) is 0 Å². The number of halogens is 1. The van der Waals surface area contributed by atoms with Crippen molar-refractivity contribution < 1.29 is 14.6 Å². The first kappa shape index (κ1) is 11.6. The zero-order valence-corrected chi connectivity index (χ0v) is 11.1. The van der Waals surface area contributed by atoms with Gasteiger partial charge in [0.05, 0.1) is 6.61 Å². The molecule has 92 valence electrons. The molecule has 0 aliphatic carbocycles. The summed E-state index contributed by atoms with van der Waals surface area (Å²) in [6.07, 6.45) is 0. The SMILES string of the molecule is OCc1cccc(-c2cc3c(cc2Br)OCO3)c1. The Morgan fingerprint density at radius 2 is 1.89 bits per heavy atom. The molecule has 1 heterocycles. The van der Waals surface area contributed by atoms with Gasteiger partial charge in [0.15, 0.2) is 11.5 Å². The van der Waals surface area contributed by atoms with E-state index in [0.29, 0.717) is 0 Å². The van der Waals surface area contributed by atoms with Gasteiger partial charge in [0.1, 0.15) is 0 Å². The second kappa shape index (κ2) is 4.63. The van der Waals surface area contributed by atoms with Gasteiger partial charge in [-0.15, -0.1) is 0 Å². The molecule has 3 rings (SSSR count). The van der Waals surface area contributed by atoms with Crippen LogP contribution < -0.4 is 9.47 Å². The van der Waals surface area contributed by atoms with Gasteiger partial charge < -0.3 is 14.6 Å². The van der Waals surface area contributed by atoms with Gasteiger partial charge in [0, 0.05) is 4.47 Å². The van der Waals surface area contributed by atoms with Crippen molar-refractivity contribution >= 4 is 15.9 Å². The highest BCUT2D eigenvalue weighted by atomic mass is 79.9. The first-order valence-electron chi connectivity index (χ1n) is 5.57. The van der Waals surface area contributed by atoms with Crippen LogP contribution in [-0.4, -0.2) is 11.9 Å². The highest BCUT2D eigenvalue weighted by Crippen LogP contribution is 2.41. The fourth-order valence-electron chi connectivity index (χ4n) is 1.98. The zero-order valence-electron chi connectivity index (χ0n) is 9.52. The lowest BCUT2D eigenvalue weighted by Gasteiger charge is -2.08.